The van der Waals surface area contributed by atoms with Gasteiger partial charge in [0.1, 0.15) is 11.5 Å². The van der Waals surface area contributed by atoms with Crippen LogP contribution in [0.2, 0.25) is 0 Å². The SMILES string of the molecule is CCN1C(=O)c2cccc3c(NC(=O)c4ccc(Oc5ccccc5)cc4)ccc1c23. The zero-order valence-electron chi connectivity index (χ0n) is 17.0. The van der Waals surface area contributed by atoms with Gasteiger partial charge in [-0.2, -0.15) is 0 Å². The number of hydrogen-bond donors (Lipinski definition) is 1. The summed E-state index contributed by atoms with van der Waals surface area (Å²) in [6, 6.07) is 25.9. The van der Waals surface area contributed by atoms with E-state index in [-0.39, 0.29) is 11.8 Å². The predicted molar refractivity (Wildman–Crippen MR) is 122 cm³/mol. The van der Waals surface area contributed by atoms with Crippen LogP contribution in [-0.2, 0) is 0 Å². The smallest absolute Gasteiger partial charge is 0.258 e. The molecule has 152 valence electrons. The minimum Gasteiger partial charge on any atom is -0.457 e. The first-order valence-corrected chi connectivity index (χ1v) is 10.2. The molecule has 31 heavy (non-hydrogen) atoms. The van der Waals surface area contributed by atoms with Crippen LogP contribution in [0, 0.1) is 0 Å². The molecule has 0 fully saturated rings. The Morgan fingerprint density at radius 3 is 2.35 bits per heavy atom. The summed E-state index contributed by atoms with van der Waals surface area (Å²) in [6.45, 7) is 2.56. The highest BCUT2D eigenvalue weighted by molar-refractivity contribution is 6.27. The van der Waals surface area contributed by atoms with E-state index in [2.05, 4.69) is 5.32 Å². The number of hydrogen-bond acceptors (Lipinski definition) is 3. The Balaban J connectivity index is 1.40. The topological polar surface area (TPSA) is 58.6 Å². The first kappa shape index (κ1) is 18.9. The molecule has 5 nitrogen and oxygen atoms in total. The quantitative estimate of drug-likeness (QED) is 0.450. The van der Waals surface area contributed by atoms with Gasteiger partial charge in [-0.05, 0) is 61.5 Å². The highest BCUT2D eigenvalue weighted by Gasteiger charge is 2.29. The maximum atomic E-state index is 12.9. The Labute approximate surface area is 179 Å². The molecule has 1 aliphatic rings. The fraction of sp³-hybridized carbons (Fsp3) is 0.0769. The van der Waals surface area contributed by atoms with Gasteiger partial charge in [0.2, 0.25) is 0 Å². The molecule has 1 heterocycles. The van der Waals surface area contributed by atoms with Gasteiger partial charge in [0.25, 0.3) is 11.8 Å². The largest absolute Gasteiger partial charge is 0.457 e. The van der Waals surface area contributed by atoms with Gasteiger partial charge >= 0.3 is 0 Å². The van der Waals surface area contributed by atoms with E-state index in [0.717, 1.165) is 22.2 Å². The third kappa shape index (κ3) is 3.30. The second kappa shape index (κ2) is 7.61. The normalized spacial score (nSPS) is 12.3. The monoisotopic (exact) mass is 408 g/mol. The first-order valence-electron chi connectivity index (χ1n) is 10.2. The molecule has 4 aromatic rings. The maximum absolute atomic E-state index is 12.9. The molecule has 0 atom stereocenters. The maximum Gasteiger partial charge on any atom is 0.258 e. The molecule has 0 saturated heterocycles. The van der Waals surface area contributed by atoms with E-state index in [4.69, 9.17) is 4.74 Å². The summed E-state index contributed by atoms with van der Waals surface area (Å²) in [6.07, 6.45) is 0. The summed E-state index contributed by atoms with van der Waals surface area (Å²) in [5.74, 6) is 1.18. The number of nitrogens with one attached hydrogen (secondary N) is 1. The Kier molecular flexibility index (Phi) is 4.64. The van der Waals surface area contributed by atoms with Crippen molar-refractivity contribution in [3.8, 4) is 11.5 Å². The van der Waals surface area contributed by atoms with Crippen LogP contribution in [0.1, 0.15) is 27.6 Å². The Bertz CT molecular complexity index is 1300. The van der Waals surface area contributed by atoms with Crippen molar-refractivity contribution in [2.45, 2.75) is 6.92 Å². The van der Waals surface area contributed by atoms with Crippen molar-refractivity contribution >= 4 is 34.0 Å². The van der Waals surface area contributed by atoms with Crippen molar-refractivity contribution < 1.29 is 14.3 Å². The number of para-hydroxylation sites is 1. The van der Waals surface area contributed by atoms with Crippen LogP contribution >= 0.6 is 0 Å². The Morgan fingerprint density at radius 1 is 0.871 bits per heavy atom. The van der Waals surface area contributed by atoms with Crippen LogP contribution in [0.5, 0.6) is 11.5 Å². The van der Waals surface area contributed by atoms with E-state index in [0.29, 0.717) is 29.1 Å². The zero-order valence-corrected chi connectivity index (χ0v) is 17.0. The molecule has 2 amide bonds. The van der Waals surface area contributed by atoms with E-state index in [1.54, 1.807) is 29.2 Å². The lowest BCUT2D eigenvalue weighted by molar-refractivity contribution is 0.0992. The van der Waals surface area contributed by atoms with Gasteiger partial charge in [-0.3, -0.25) is 9.59 Å². The molecular weight excluding hydrogens is 388 g/mol. The number of ether oxygens (including phenoxy) is 1. The molecule has 0 saturated carbocycles. The van der Waals surface area contributed by atoms with Crippen molar-refractivity contribution in [1.29, 1.82) is 0 Å². The summed E-state index contributed by atoms with van der Waals surface area (Å²) < 4.78 is 5.78. The van der Waals surface area contributed by atoms with Crippen LogP contribution in [-0.4, -0.2) is 18.4 Å². The number of carbonyl (C=O) groups is 2. The molecule has 4 aromatic carbocycles. The predicted octanol–water partition coefficient (Wildman–Crippen LogP) is 5.86. The molecule has 0 unspecified atom stereocenters. The molecule has 0 aromatic heterocycles. The fourth-order valence-electron chi connectivity index (χ4n) is 3.96. The lowest BCUT2D eigenvalue weighted by Crippen LogP contribution is -2.25. The molecule has 0 spiro atoms. The first-order chi connectivity index (χ1) is 15.2. The van der Waals surface area contributed by atoms with Crippen molar-refractivity contribution in [3.63, 3.8) is 0 Å². The second-order valence-corrected chi connectivity index (χ2v) is 7.30. The van der Waals surface area contributed by atoms with Crippen LogP contribution in [0.15, 0.2) is 84.9 Å². The number of nitrogens with zero attached hydrogens (tertiary/aromatic N) is 1. The number of amides is 2. The third-order valence-electron chi connectivity index (χ3n) is 5.44. The number of rotatable bonds is 5. The number of carbonyl (C=O) groups excluding carboxylic acids is 2. The lowest BCUT2D eigenvalue weighted by Gasteiger charge is -2.15. The minimum atomic E-state index is -0.219. The second-order valence-electron chi connectivity index (χ2n) is 7.30. The summed E-state index contributed by atoms with van der Waals surface area (Å²) in [7, 11) is 0. The van der Waals surface area contributed by atoms with Crippen LogP contribution in [0.25, 0.3) is 10.8 Å². The molecule has 0 radical (unpaired) electrons. The van der Waals surface area contributed by atoms with Gasteiger partial charge in [-0.25, -0.2) is 0 Å². The molecule has 0 aliphatic carbocycles. The molecular formula is C26H20N2O3. The minimum absolute atomic E-state index is 0.000538. The number of benzene rings is 4. The van der Waals surface area contributed by atoms with E-state index < -0.39 is 0 Å². The van der Waals surface area contributed by atoms with Crippen molar-refractivity contribution in [1.82, 2.24) is 0 Å². The molecule has 1 N–H and O–H groups in total. The summed E-state index contributed by atoms with van der Waals surface area (Å²) >= 11 is 0. The highest BCUT2D eigenvalue weighted by atomic mass is 16.5. The van der Waals surface area contributed by atoms with Crippen LogP contribution in [0.3, 0.4) is 0 Å². The van der Waals surface area contributed by atoms with Crippen molar-refractivity contribution in [2.24, 2.45) is 0 Å². The highest BCUT2D eigenvalue weighted by Crippen LogP contribution is 2.40. The van der Waals surface area contributed by atoms with Crippen molar-refractivity contribution in [3.05, 3.63) is 96.1 Å². The van der Waals surface area contributed by atoms with E-state index in [9.17, 15) is 9.59 Å². The summed E-state index contributed by atoms with van der Waals surface area (Å²) in [5.41, 5.74) is 2.77. The fourth-order valence-corrected chi connectivity index (χ4v) is 3.96. The Hall–Kier alpha value is -4.12. The molecule has 5 heteroatoms. The van der Waals surface area contributed by atoms with Gasteiger partial charge in [-0.15, -0.1) is 0 Å². The third-order valence-corrected chi connectivity index (χ3v) is 5.44. The van der Waals surface area contributed by atoms with E-state index >= 15 is 0 Å². The van der Waals surface area contributed by atoms with Gasteiger partial charge in [0, 0.05) is 34.1 Å². The van der Waals surface area contributed by atoms with Gasteiger partial charge in [0.05, 0.1) is 5.69 Å². The average molecular weight is 408 g/mol. The molecule has 1 aliphatic heterocycles. The molecule has 0 bridgehead atoms. The van der Waals surface area contributed by atoms with Gasteiger partial charge in [-0.1, -0.05) is 30.3 Å². The van der Waals surface area contributed by atoms with Crippen LogP contribution < -0.4 is 15.0 Å². The lowest BCUT2D eigenvalue weighted by atomic mass is 10.0. The summed E-state index contributed by atoms with van der Waals surface area (Å²) in [5, 5.41) is 4.74. The van der Waals surface area contributed by atoms with Gasteiger partial charge in [0.15, 0.2) is 0 Å². The van der Waals surface area contributed by atoms with E-state index in [1.807, 2.05) is 67.6 Å². The molecule has 5 rings (SSSR count). The standard InChI is InChI=1S/C26H20N2O3/c1-2-28-23-16-15-22(20-9-6-10-21(24(20)23)26(28)30)27-25(29)17-11-13-19(14-12-17)31-18-7-4-3-5-8-18/h3-16H,2H2,1H3,(H,27,29). The zero-order chi connectivity index (χ0) is 21.4. The van der Waals surface area contributed by atoms with E-state index in [1.165, 1.54) is 0 Å². The number of anilines is 2. The van der Waals surface area contributed by atoms with Crippen LogP contribution in [0.4, 0.5) is 11.4 Å². The Morgan fingerprint density at radius 2 is 1.61 bits per heavy atom. The summed E-state index contributed by atoms with van der Waals surface area (Å²) in [4.78, 5) is 27.3. The average Bonchev–Trinajstić information content (AvgIpc) is 3.09. The van der Waals surface area contributed by atoms with Gasteiger partial charge < -0.3 is 15.0 Å². The van der Waals surface area contributed by atoms with Crippen molar-refractivity contribution in [2.75, 3.05) is 16.8 Å².